The van der Waals surface area contributed by atoms with Crippen molar-refractivity contribution in [2.45, 2.75) is 19.3 Å². The van der Waals surface area contributed by atoms with E-state index < -0.39 is 0 Å². The topological polar surface area (TPSA) is 63.1 Å². The normalized spacial score (nSPS) is 16.9. The van der Waals surface area contributed by atoms with Gasteiger partial charge in [-0.1, -0.05) is 0 Å². The van der Waals surface area contributed by atoms with E-state index in [1.807, 2.05) is 26.4 Å². The maximum atomic E-state index is 13.0. The van der Waals surface area contributed by atoms with E-state index in [2.05, 4.69) is 27.4 Å². The van der Waals surface area contributed by atoms with E-state index in [0.717, 1.165) is 42.0 Å². The Morgan fingerprint density at radius 2 is 2.03 bits per heavy atom. The van der Waals surface area contributed by atoms with E-state index in [9.17, 15) is 9.18 Å². The highest BCUT2D eigenvalue weighted by Crippen LogP contribution is 2.29. The van der Waals surface area contributed by atoms with Gasteiger partial charge >= 0.3 is 0 Å². The molecule has 0 unspecified atom stereocenters. The van der Waals surface area contributed by atoms with Crippen molar-refractivity contribution in [3.8, 4) is 11.1 Å². The predicted octanol–water partition coefficient (Wildman–Crippen LogP) is 3.36. The van der Waals surface area contributed by atoms with Crippen LogP contribution in [0.15, 0.2) is 48.8 Å². The summed E-state index contributed by atoms with van der Waals surface area (Å²) in [4.78, 5) is 19.2. The Morgan fingerprint density at radius 1 is 1.24 bits per heavy atom. The second kappa shape index (κ2) is 8.13. The molecule has 29 heavy (non-hydrogen) atoms. The zero-order valence-electron chi connectivity index (χ0n) is 16.6. The van der Waals surface area contributed by atoms with Gasteiger partial charge in [-0.05, 0) is 61.9 Å². The summed E-state index contributed by atoms with van der Waals surface area (Å²) in [7, 11) is 1.91. The molecule has 1 N–H and O–H groups in total. The Morgan fingerprint density at radius 3 is 2.76 bits per heavy atom. The number of aromatic nitrogens is 3. The lowest BCUT2D eigenvalue weighted by Crippen LogP contribution is -2.31. The molecule has 4 rings (SSSR count). The third-order valence-electron chi connectivity index (χ3n) is 5.20. The van der Waals surface area contributed by atoms with Gasteiger partial charge in [-0.25, -0.2) is 4.39 Å². The lowest BCUT2D eigenvalue weighted by molar-refractivity contribution is -0.117. The minimum Gasteiger partial charge on any atom is -0.325 e. The van der Waals surface area contributed by atoms with E-state index >= 15 is 0 Å². The summed E-state index contributed by atoms with van der Waals surface area (Å²) < 4.78 is 14.8. The van der Waals surface area contributed by atoms with Crippen molar-refractivity contribution in [2.75, 3.05) is 25.0 Å². The quantitative estimate of drug-likeness (QED) is 0.722. The number of nitrogens with zero attached hydrogens (tertiary/aromatic N) is 4. The van der Waals surface area contributed by atoms with Crippen LogP contribution in [0.2, 0.25) is 0 Å². The maximum Gasteiger partial charge on any atom is 0.238 e. The van der Waals surface area contributed by atoms with Gasteiger partial charge < -0.3 is 5.32 Å². The van der Waals surface area contributed by atoms with Crippen molar-refractivity contribution in [1.82, 2.24) is 19.7 Å². The minimum atomic E-state index is -0.318. The standard InChI is InChI=1S/C22H24FN5O/c1-15-9-17(18-11-24-27(2)12-18)10-21(25-15)16-7-8-28(13-16)14-22(29)26-20-5-3-19(23)4-6-20/h3-6,9-12,16H,7-8,13-14H2,1-2H3,(H,26,29)/t16-/m0/s1. The molecule has 1 fully saturated rings. The van der Waals surface area contributed by atoms with Crippen molar-refractivity contribution >= 4 is 11.6 Å². The number of hydrogen-bond donors (Lipinski definition) is 1. The summed E-state index contributed by atoms with van der Waals surface area (Å²) in [5, 5.41) is 7.08. The number of carbonyl (C=O) groups excluding carboxylic acids is 1. The van der Waals surface area contributed by atoms with Crippen LogP contribution in [0.5, 0.6) is 0 Å². The van der Waals surface area contributed by atoms with Gasteiger partial charge in [-0.3, -0.25) is 19.4 Å². The number of nitrogens with one attached hydrogen (secondary N) is 1. The maximum absolute atomic E-state index is 13.0. The molecular formula is C22H24FN5O. The highest BCUT2D eigenvalue weighted by Gasteiger charge is 2.26. The van der Waals surface area contributed by atoms with E-state index in [1.165, 1.54) is 12.1 Å². The molecule has 1 amide bonds. The molecule has 150 valence electrons. The first-order valence-electron chi connectivity index (χ1n) is 9.71. The molecule has 0 aliphatic carbocycles. The SMILES string of the molecule is Cc1cc(-c2cnn(C)c2)cc([C@H]2CCN(CC(=O)Nc3ccc(F)cc3)C2)n1. The van der Waals surface area contributed by atoms with Crippen LogP contribution in [0.1, 0.15) is 23.7 Å². The van der Waals surface area contributed by atoms with Gasteiger partial charge in [-0.15, -0.1) is 0 Å². The number of carbonyl (C=O) groups is 1. The van der Waals surface area contributed by atoms with Gasteiger partial charge in [0.05, 0.1) is 12.7 Å². The lowest BCUT2D eigenvalue weighted by Gasteiger charge is -2.16. The number of hydrogen-bond acceptors (Lipinski definition) is 4. The summed E-state index contributed by atoms with van der Waals surface area (Å²) >= 11 is 0. The molecule has 1 aromatic carbocycles. The second-order valence-electron chi connectivity index (χ2n) is 7.60. The highest BCUT2D eigenvalue weighted by atomic mass is 19.1. The van der Waals surface area contributed by atoms with Crippen LogP contribution in [0, 0.1) is 12.7 Å². The molecule has 0 bridgehead atoms. The first kappa shape index (κ1) is 19.3. The lowest BCUT2D eigenvalue weighted by atomic mass is 10.00. The van der Waals surface area contributed by atoms with Gasteiger partial charge in [0.25, 0.3) is 0 Å². The number of amides is 1. The Balaban J connectivity index is 1.40. The van der Waals surface area contributed by atoms with E-state index in [4.69, 9.17) is 4.98 Å². The summed E-state index contributed by atoms with van der Waals surface area (Å²) in [6.07, 6.45) is 4.82. The van der Waals surface area contributed by atoms with Gasteiger partial charge in [0, 0.05) is 48.3 Å². The fourth-order valence-corrected chi connectivity index (χ4v) is 3.79. The molecule has 3 aromatic rings. The Hall–Kier alpha value is -3.06. The van der Waals surface area contributed by atoms with Gasteiger partial charge in [-0.2, -0.15) is 5.10 Å². The van der Waals surface area contributed by atoms with Gasteiger partial charge in [0.1, 0.15) is 5.82 Å². The summed E-state index contributed by atoms with van der Waals surface area (Å²) in [5.41, 5.74) is 4.84. The van der Waals surface area contributed by atoms with Crippen LogP contribution in [-0.4, -0.2) is 45.2 Å². The van der Waals surface area contributed by atoms with Crippen molar-refractivity contribution in [3.05, 3.63) is 66.0 Å². The molecule has 6 nitrogen and oxygen atoms in total. The number of likely N-dealkylation sites (tertiary alicyclic amines) is 1. The largest absolute Gasteiger partial charge is 0.325 e. The molecule has 1 atom stereocenters. The highest BCUT2D eigenvalue weighted by molar-refractivity contribution is 5.92. The smallest absolute Gasteiger partial charge is 0.238 e. The average molecular weight is 393 g/mol. The molecule has 7 heteroatoms. The van der Waals surface area contributed by atoms with E-state index in [0.29, 0.717) is 18.2 Å². The molecule has 1 aliphatic heterocycles. The summed E-state index contributed by atoms with van der Waals surface area (Å²) in [6.45, 7) is 3.96. The molecule has 2 aromatic heterocycles. The first-order valence-corrected chi connectivity index (χ1v) is 9.71. The number of aryl methyl sites for hydroxylation is 2. The van der Waals surface area contributed by atoms with Crippen LogP contribution >= 0.6 is 0 Å². The van der Waals surface area contributed by atoms with Crippen LogP contribution < -0.4 is 5.32 Å². The Kier molecular flexibility index (Phi) is 5.40. The van der Waals surface area contributed by atoms with E-state index in [-0.39, 0.29) is 11.7 Å². The second-order valence-corrected chi connectivity index (χ2v) is 7.60. The average Bonchev–Trinajstić information content (AvgIpc) is 3.32. The molecule has 0 saturated carbocycles. The van der Waals surface area contributed by atoms with Crippen LogP contribution in [-0.2, 0) is 11.8 Å². The Labute approximate surface area is 169 Å². The summed E-state index contributed by atoms with van der Waals surface area (Å²) in [6, 6.07) is 10.0. The van der Waals surface area contributed by atoms with Crippen molar-refractivity contribution in [3.63, 3.8) is 0 Å². The van der Waals surface area contributed by atoms with Crippen molar-refractivity contribution in [1.29, 1.82) is 0 Å². The molecule has 0 spiro atoms. The number of benzene rings is 1. The first-order chi connectivity index (χ1) is 14.0. The van der Waals surface area contributed by atoms with Gasteiger partial charge in [0.15, 0.2) is 0 Å². The number of pyridine rings is 1. The predicted molar refractivity (Wildman–Crippen MR) is 110 cm³/mol. The molecule has 1 aliphatic rings. The molecular weight excluding hydrogens is 369 g/mol. The van der Waals surface area contributed by atoms with Crippen LogP contribution in [0.3, 0.4) is 0 Å². The third kappa shape index (κ3) is 4.68. The summed E-state index contributed by atoms with van der Waals surface area (Å²) in [5.74, 6) is -0.115. The molecule has 0 radical (unpaired) electrons. The van der Waals surface area contributed by atoms with Crippen molar-refractivity contribution < 1.29 is 9.18 Å². The fourth-order valence-electron chi connectivity index (χ4n) is 3.79. The van der Waals surface area contributed by atoms with Gasteiger partial charge in [0.2, 0.25) is 5.91 Å². The fraction of sp³-hybridized carbons (Fsp3) is 0.318. The molecule has 1 saturated heterocycles. The zero-order chi connectivity index (χ0) is 20.4. The van der Waals surface area contributed by atoms with E-state index in [1.54, 1.807) is 16.8 Å². The monoisotopic (exact) mass is 393 g/mol. The number of halogens is 1. The van der Waals surface area contributed by atoms with Crippen LogP contribution in [0.4, 0.5) is 10.1 Å². The molecule has 3 heterocycles. The minimum absolute atomic E-state index is 0.0921. The number of rotatable bonds is 5. The zero-order valence-corrected chi connectivity index (χ0v) is 16.6. The van der Waals surface area contributed by atoms with Crippen molar-refractivity contribution in [2.24, 2.45) is 7.05 Å². The van der Waals surface area contributed by atoms with Crippen LogP contribution in [0.25, 0.3) is 11.1 Å². The number of anilines is 1. The Bertz CT molecular complexity index is 1010. The third-order valence-corrected chi connectivity index (χ3v) is 5.20.